The van der Waals surface area contributed by atoms with E-state index in [9.17, 15) is 9.59 Å². The van der Waals surface area contributed by atoms with Gasteiger partial charge in [0.1, 0.15) is 11.9 Å². The van der Waals surface area contributed by atoms with E-state index in [1.807, 2.05) is 22.7 Å². The van der Waals surface area contributed by atoms with E-state index < -0.39 is 0 Å². The Labute approximate surface area is 141 Å². The number of amides is 3. The summed E-state index contributed by atoms with van der Waals surface area (Å²) in [5.41, 5.74) is 0. The average molecular weight is 335 g/mol. The number of aryl methyl sites for hydroxylation is 1. The average Bonchev–Trinajstić information content (AvgIpc) is 3.18. The number of ether oxygens (including phenoxy) is 1. The van der Waals surface area contributed by atoms with Crippen LogP contribution >= 0.6 is 0 Å². The minimum Gasteiger partial charge on any atom is -0.368 e. The highest BCUT2D eigenvalue weighted by molar-refractivity contribution is 5.81. The first-order chi connectivity index (χ1) is 11.6. The number of hydrogen-bond donors (Lipinski definition) is 1. The molecular formula is C16H25N5O3. The lowest BCUT2D eigenvalue weighted by Gasteiger charge is -2.24. The van der Waals surface area contributed by atoms with Crippen LogP contribution in [0.15, 0.2) is 12.4 Å². The van der Waals surface area contributed by atoms with Crippen LogP contribution in [0.1, 0.15) is 25.1 Å². The summed E-state index contributed by atoms with van der Waals surface area (Å²) in [4.78, 5) is 32.6. The first kappa shape index (κ1) is 16.8. The van der Waals surface area contributed by atoms with Gasteiger partial charge in [-0.25, -0.2) is 9.78 Å². The zero-order chi connectivity index (χ0) is 16.9. The van der Waals surface area contributed by atoms with Gasteiger partial charge in [-0.05, 0) is 19.3 Å². The molecule has 3 amide bonds. The highest BCUT2D eigenvalue weighted by Crippen LogP contribution is 2.16. The molecule has 1 N–H and O–H groups in total. The topological polar surface area (TPSA) is 79.7 Å². The molecule has 0 aromatic carbocycles. The van der Waals surface area contributed by atoms with Crippen LogP contribution in [0.3, 0.4) is 0 Å². The Morgan fingerprint density at radius 2 is 2.04 bits per heavy atom. The van der Waals surface area contributed by atoms with E-state index in [4.69, 9.17) is 4.74 Å². The molecule has 24 heavy (non-hydrogen) atoms. The number of urea groups is 1. The number of imidazole rings is 1. The van der Waals surface area contributed by atoms with Crippen LogP contribution in [0.25, 0.3) is 0 Å². The van der Waals surface area contributed by atoms with Gasteiger partial charge in [0, 0.05) is 52.2 Å². The highest BCUT2D eigenvalue weighted by atomic mass is 16.5. The second-order valence-corrected chi connectivity index (χ2v) is 6.28. The van der Waals surface area contributed by atoms with Crippen LogP contribution < -0.4 is 5.32 Å². The van der Waals surface area contributed by atoms with Gasteiger partial charge in [0.2, 0.25) is 0 Å². The number of rotatable bonds is 3. The van der Waals surface area contributed by atoms with E-state index in [0.717, 1.165) is 25.1 Å². The normalized spacial score (nSPS) is 21.6. The monoisotopic (exact) mass is 335 g/mol. The van der Waals surface area contributed by atoms with Crippen molar-refractivity contribution in [3.8, 4) is 0 Å². The molecule has 1 aromatic rings. The third kappa shape index (κ3) is 3.87. The van der Waals surface area contributed by atoms with E-state index in [1.54, 1.807) is 11.1 Å². The minimum absolute atomic E-state index is 0.0720. The zero-order valence-electron chi connectivity index (χ0n) is 14.1. The predicted molar refractivity (Wildman–Crippen MR) is 87.2 cm³/mol. The lowest BCUT2D eigenvalue weighted by atomic mass is 10.2. The maximum Gasteiger partial charge on any atom is 0.317 e. The zero-order valence-corrected chi connectivity index (χ0v) is 14.1. The maximum atomic E-state index is 12.4. The van der Waals surface area contributed by atoms with E-state index in [0.29, 0.717) is 39.3 Å². The Morgan fingerprint density at radius 3 is 2.75 bits per heavy atom. The van der Waals surface area contributed by atoms with E-state index >= 15 is 0 Å². The summed E-state index contributed by atoms with van der Waals surface area (Å²) in [6.07, 6.45) is 5.82. The molecule has 3 heterocycles. The molecule has 0 unspecified atom stereocenters. The number of carbonyl (C=O) groups is 2. The highest BCUT2D eigenvalue weighted by Gasteiger charge is 2.30. The lowest BCUT2D eigenvalue weighted by molar-refractivity contribution is -0.140. The Bertz CT molecular complexity index is 582. The van der Waals surface area contributed by atoms with E-state index in [-0.39, 0.29) is 18.0 Å². The van der Waals surface area contributed by atoms with Gasteiger partial charge in [-0.3, -0.25) is 4.79 Å². The fourth-order valence-corrected chi connectivity index (χ4v) is 3.15. The molecule has 2 aliphatic heterocycles. The summed E-state index contributed by atoms with van der Waals surface area (Å²) in [5, 5.41) is 2.90. The summed E-state index contributed by atoms with van der Waals surface area (Å²) in [6, 6.07) is -0.107. The first-order valence-corrected chi connectivity index (χ1v) is 8.54. The van der Waals surface area contributed by atoms with Gasteiger partial charge in [0.25, 0.3) is 5.91 Å². The molecule has 2 fully saturated rings. The van der Waals surface area contributed by atoms with Crippen molar-refractivity contribution in [3.63, 3.8) is 0 Å². The molecule has 0 radical (unpaired) electrons. The van der Waals surface area contributed by atoms with Gasteiger partial charge >= 0.3 is 6.03 Å². The minimum atomic E-state index is -0.284. The summed E-state index contributed by atoms with van der Waals surface area (Å²) >= 11 is 0. The number of carbonyl (C=O) groups excluding carboxylic acids is 2. The third-order valence-electron chi connectivity index (χ3n) is 4.62. The lowest BCUT2D eigenvalue weighted by Crippen LogP contribution is -2.44. The molecule has 132 valence electrons. The smallest absolute Gasteiger partial charge is 0.317 e. The second kappa shape index (κ2) is 7.65. The van der Waals surface area contributed by atoms with Crippen molar-refractivity contribution < 1.29 is 14.3 Å². The largest absolute Gasteiger partial charge is 0.368 e. The summed E-state index contributed by atoms with van der Waals surface area (Å²) in [7, 11) is 1.90. The SMILES string of the molecule is Cn1ccnc1CNC(=O)N1CCCN(C(=O)[C@@H]2CCCO2)CC1. The van der Waals surface area contributed by atoms with Crippen LogP contribution in [0.2, 0.25) is 0 Å². The van der Waals surface area contributed by atoms with Crippen molar-refractivity contribution in [2.45, 2.75) is 31.9 Å². The molecule has 0 aliphatic carbocycles. The quantitative estimate of drug-likeness (QED) is 0.864. The Hall–Kier alpha value is -2.09. The third-order valence-corrected chi connectivity index (χ3v) is 4.62. The molecule has 0 saturated carbocycles. The van der Waals surface area contributed by atoms with Crippen molar-refractivity contribution in [3.05, 3.63) is 18.2 Å². The van der Waals surface area contributed by atoms with Gasteiger partial charge < -0.3 is 24.4 Å². The number of nitrogens with one attached hydrogen (secondary N) is 1. The van der Waals surface area contributed by atoms with Crippen LogP contribution in [-0.4, -0.2) is 70.2 Å². The maximum absolute atomic E-state index is 12.4. The van der Waals surface area contributed by atoms with Crippen LogP contribution in [0.5, 0.6) is 0 Å². The Morgan fingerprint density at radius 1 is 1.25 bits per heavy atom. The molecule has 8 nitrogen and oxygen atoms in total. The first-order valence-electron chi connectivity index (χ1n) is 8.54. The molecule has 0 spiro atoms. The number of nitrogens with zero attached hydrogens (tertiary/aromatic N) is 4. The molecule has 2 aliphatic rings. The summed E-state index contributed by atoms with van der Waals surface area (Å²) in [5.74, 6) is 0.885. The van der Waals surface area contributed by atoms with Gasteiger partial charge in [-0.2, -0.15) is 0 Å². The van der Waals surface area contributed by atoms with Crippen molar-refractivity contribution in [1.82, 2.24) is 24.7 Å². The fraction of sp³-hybridized carbons (Fsp3) is 0.688. The number of aromatic nitrogens is 2. The summed E-state index contributed by atoms with van der Waals surface area (Å²) in [6.45, 7) is 3.52. The van der Waals surface area contributed by atoms with Gasteiger partial charge in [-0.15, -0.1) is 0 Å². The van der Waals surface area contributed by atoms with Gasteiger partial charge in [0.05, 0.1) is 6.54 Å². The Balaban J connectivity index is 1.48. The standard InChI is InChI=1S/C16H25N5O3/c1-19-8-5-17-14(19)12-18-16(23)21-7-3-6-20(9-10-21)15(22)13-4-2-11-24-13/h5,8,13H,2-4,6-7,9-12H2,1H3,(H,18,23)/t13-/m0/s1. The molecule has 1 aromatic heterocycles. The van der Waals surface area contributed by atoms with Gasteiger partial charge in [-0.1, -0.05) is 0 Å². The van der Waals surface area contributed by atoms with E-state index in [1.165, 1.54) is 0 Å². The molecule has 1 atom stereocenters. The van der Waals surface area contributed by atoms with Gasteiger partial charge in [0.15, 0.2) is 0 Å². The van der Waals surface area contributed by atoms with Crippen molar-refractivity contribution >= 4 is 11.9 Å². The van der Waals surface area contributed by atoms with Crippen molar-refractivity contribution in [2.24, 2.45) is 7.05 Å². The van der Waals surface area contributed by atoms with Crippen LogP contribution in [-0.2, 0) is 23.1 Å². The molecule has 3 rings (SSSR count). The number of hydrogen-bond acceptors (Lipinski definition) is 4. The van der Waals surface area contributed by atoms with E-state index in [2.05, 4.69) is 10.3 Å². The molecule has 2 saturated heterocycles. The summed E-state index contributed by atoms with van der Waals surface area (Å²) < 4.78 is 7.36. The van der Waals surface area contributed by atoms with Crippen LogP contribution in [0.4, 0.5) is 4.79 Å². The molecular weight excluding hydrogens is 310 g/mol. The Kier molecular flexibility index (Phi) is 5.34. The van der Waals surface area contributed by atoms with Crippen LogP contribution in [0, 0.1) is 0 Å². The van der Waals surface area contributed by atoms with Crippen molar-refractivity contribution in [1.29, 1.82) is 0 Å². The van der Waals surface area contributed by atoms with Crippen molar-refractivity contribution in [2.75, 3.05) is 32.8 Å². The predicted octanol–water partition coefficient (Wildman–Crippen LogP) is 0.343. The molecule has 0 bridgehead atoms. The molecule has 8 heteroatoms. The fourth-order valence-electron chi connectivity index (χ4n) is 3.15. The second-order valence-electron chi connectivity index (χ2n) is 6.28.